The fourth-order valence-electron chi connectivity index (χ4n) is 1.29. The summed E-state index contributed by atoms with van der Waals surface area (Å²) in [7, 11) is -3.62. The van der Waals surface area contributed by atoms with Crippen LogP contribution < -0.4 is 4.72 Å². The smallest absolute Gasteiger partial charge is 0.240 e. The van der Waals surface area contributed by atoms with Crippen molar-refractivity contribution in [3.05, 3.63) is 29.8 Å². The maximum Gasteiger partial charge on any atom is 0.240 e. The van der Waals surface area contributed by atoms with Gasteiger partial charge in [0, 0.05) is 6.42 Å². The molecule has 0 amide bonds. The first-order valence-corrected chi connectivity index (χ1v) is 6.61. The van der Waals surface area contributed by atoms with Crippen molar-refractivity contribution < 1.29 is 13.5 Å². The lowest BCUT2D eigenvalue weighted by atomic mass is 10.2. The zero-order valence-corrected chi connectivity index (χ0v) is 10.4. The average Bonchev–Trinajstić information content (AvgIpc) is 2.28. The van der Waals surface area contributed by atoms with Crippen molar-refractivity contribution in [3.63, 3.8) is 0 Å². The summed E-state index contributed by atoms with van der Waals surface area (Å²) in [5.74, 6) is 2.31. The van der Waals surface area contributed by atoms with E-state index in [1.165, 1.54) is 12.1 Å². The molecule has 1 atom stereocenters. The van der Waals surface area contributed by atoms with E-state index in [-0.39, 0.29) is 17.9 Å². The highest BCUT2D eigenvalue weighted by atomic mass is 32.2. The Labute approximate surface area is 102 Å². The minimum absolute atomic E-state index is 0.154. The van der Waals surface area contributed by atoms with Crippen LogP contribution in [0.5, 0.6) is 0 Å². The van der Waals surface area contributed by atoms with Gasteiger partial charge in [0.2, 0.25) is 10.0 Å². The van der Waals surface area contributed by atoms with E-state index >= 15 is 0 Å². The first-order chi connectivity index (χ1) is 7.99. The van der Waals surface area contributed by atoms with E-state index in [4.69, 9.17) is 11.5 Å². The van der Waals surface area contributed by atoms with Crippen molar-refractivity contribution in [2.45, 2.75) is 24.3 Å². The molecule has 0 radical (unpaired) electrons. The molecule has 0 aromatic heterocycles. The lowest BCUT2D eigenvalue weighted by molar-refractivity contribution is 0.258. The first-order valence-electron chi connectivity index (χ1n) is 5.13. The Bertz CT molecular complexity index is 500. The number of hydrogen-bond acceptors (Lipinski definition) is 3. The van der Waals surface area contributed by atoms with Gasteiger partial charge in [0.05, 0.1) is 17.5 Å². The average molecular weight is 253 g/mol. The summed E-state index contributed by atoms with van der Waals surface area (Å²) in [6.07, 6.45) is 5.24. The van der Waals surface area contributed by atoms with Crippen molar-refractivity contribution >= 4 is 10.0 Å². The third kappa shape index (κ3) is 3.86. The number of sulfonamides is 1. The van der Waals surface area contributed by atoms with Crippen LogP contribution in [0.2, 0.25) is 0 Å². The van der Waals surface area contributed by atoms with Crippen LogP contribution in [-0.2, 0) is 10.0 Å². The normalized spacial score (nSPS) is 13.0. The molecule has 1 aromatic carbocycles. The van der Waals surface area contributed by atoms with Gasteiger partial charge in [0.15, 0.2) is 0 Å². The maximum atomic E-state index is 11.9. The molecule has 0 spiro atoms. The maximum absolute atomic E-state index is 11.9. The Morgan fingerprint density at radius 1 is 1.41 bits per heavy atom. The molecule has 92 valence electrons. The molecule has 0 unspecified atom stereocenters. The van der Waals surface area contributed by atoms with Crippen LogP contribution in [0, 0.1) is 19.3 Å². The van der Waals surface area contributed by atoms with Gasteiger partial charge in [0.25, 0.3) is 0 Å². The molecule has 5 heteroatoms. The van der Waals surface area contributed by atoms with Gasteiger partial charge in [-0.15, -0.1) is 12.3 Å². The van der Waals surface area contributed by atoms with E-state index in [2.05, 4.69) is 10.6 Å². The molecule has 2 N–H and O–H groups in total. The van der Waals surface area contributed by atoms with Gasteiger partial charge in [-0.25, -0.2) is 13.1 Å². The van der Waals surface area contributed by atoms with Crippen molar-refractivity contribution in [2.24, 2.45) is 0 Å². The molecule has 0 heterocycles. The molecule has 0 fully saturated rings. The van der Waals surface area contributed by atoms with Crippen LogP contribution in [-0.4, -0.2) is 26.2 Å². The van der Waals surface area contributed by atoms with E-state index in [0.29, 0.717) is 0 Å². The third-order valence-corrected chi connectivity index (χ3v) is 3.77. The largest absolute Gasteiger partial charge is 0.395 e. The molecule has 0 bridgehead atoms. The topological polar surface area (TPSA) is 66.4 Å². The molecule has 1 rings (SSSR count). The second kappa shape index (κ2) is 5.82. The number of nitrogens with one attached hydrogen (secondary N) is 1. The molecule has 4 nitrogen and oxygen atoms in total. The summed E-state index contributed by atoms with van der Waals surface area (Å²) < 4.78 is 26.2. The van der Waals surface area contributed by atoms with Crippen LogP contribution in [0.15, 0.2) is 29.2 Å². The molecule has 0 aliphatic heterocycles. The summed E-state index contributed by atoms with van der Waals surface area (Å²) >= 11 is 0. The molecular weight excluding hydrogens is 238 g/mol. The lowest BCUT2D eigenvalue weighted by Crippen LogP contribution is -2.37. The molecule has 0 saturated heterocycles. The monoisotopic (exact) mass is 253 g/mol. The number of aliphatic hydroxyl groups excluding tert-OH is 1. The van der Waals surface area contributed by atoms with Crippen LogP contribution in [0.4, 0.5) is 0 Å². The lowest BCUT2D eigenvalue weighted by Gasteiger charge is -2.13. The molecule has 17 heavy (non-hydrogen) atoms. The Morgan fingerprint density at radius 2 is 2.00 bits per heavy atom. The van der Waals surface area contributed by atoms with Crippen molar-refractivity contribution in [1.29, 1.82) is 0 Å². The molecule has 0 saturated carbocycles. The number of rotatable bonds is 5. The Hall–Kier alpha value is -1.35. The summed E-state index contributed by atoms with van der Waals surface area (Å²) in [5.41, 5.74) is 0.978. The summed E-state index contributed by atoms with van der Waals surface area (Å²) in [5, 5.41) is 8.99. The van der Waals surface area contributed by atoms with Crippen LogP contribution in [0.25, 0.3) is 0 Å². The number of aryl methyl sites for hydroxylation is 1. The fraction of sp³-hybridized carbons (Fsp3) is 0.333. The number of benzene rings is 1. The number of hydrogen-bond donors (Lipinski definition) is 2. The highest BCUT2D eigenvalue weighted by molar-refractivity contribution is 7.89. The number of terminal acetylenes is 1. The van der Waals surface area contributed by atoms with Gasteiger partial charge in [-0.05, 0) is 19.1 Å². The van der Waals surface area contributed by atoms with Gasteiger partial charge in [-0.1, -0.05) is 17.7 Å². The van der Waals surface area contributed by atoms with E-state index in [1.807, 2.05) is 6.92 Å². The van der Waals surface area contributed by atoms with Crippen LogP contribution in [0.1, 0.15) is 12.0 Å². The Morgan fingerprint density at radius 3 is 2.47 bits per heavy atom. The second-order valence-electron chi connectivity index (χ2n) is 3.72. The highest BCUT2D eigenvalue weighted by Crippen LogP contribution is 2.10. The predicted octanol–water partition coefficient (Wildman–Crippen LogP) is 0.658. The van der Waals surface area contributed by atoms with Crippen LogP contribution >= 0.6 is 0 Å². The third-order valence-electron chi connectivity index (χ3n) is 2.24. The van der Waals surface area contributed by atoms with Crippen molar-refractivity contribution in [3.8, 4) is 12.3 Å². The molecule has 0 aliphatic rings. The standard InChI is InChI=1S/C12H15NO3S/c1-3-4-11(9-14)13-17(15,16)12-7-5-10(2)6-8-12/h1,5-8,11,13-14H,4,9H2,2H3/t11-/m1/s1. The minimum Gasteiger partial charge on any atom is -0.395 e. The van der Waals surface area contributed by atoms with Gasteiger partial charge in [0.1, 0.15) is 0 Å². The quantitative estimate of drug-likeness (QED) is 0.757. The molecular formula is C12H15NO3S. The zero-order valence-electron chi connectivity index (χ0n) is 9.55. The Balaban J connectivity index is 2.89. The van der Waals surface area contributed by atoms with Crippen molar-refractivity contribution in [2.75, 3.05) is 6.61 Å². The molecule has 0 aliphatic carbocycles. The van der Waals surface area contributed by atoms with Crippen molar-refractivity contribution in [1.82, 2.24) is 4.72 Å². The summed E-state index contributed by atoms with van der Waals surface area (Å²) in [4.78, 5) is 0.165. The highest BCUT2D eigenvalue weighted by Gasteiger charge is 2.18. The van der Waals surface area contributed by atoms with E-state index in [9.17, 15) is 8.42 Å². The van der Waals surface area contributed by atoms with Gasteiger partial charge in [-0.3, -0.25) is 0 Å². The van der Waals surface area contributed by atoms with E-state index in [1.54, 1.807) is 12.1 Å². The Kier molecular flexibility index (Phi) is 4.70. The van der Waals surface area contributed by atoms with Crippen LogP contribution in [0.3, 0.4) is 0 Å². The SMILES string of the molecule is C#CC[C@H](CO)NS(=O)(=O)c1ccc(C)cc1. The zero-order chi connectivity index (χ0) is 12.9. The van der Waals surface area contributed by atoms with Gasteiger partial charge < -0.3 is 5.11 Å². The summed E-state index contributed by atoms with van der Waals surface area (Å²) in [6.45, 7) is 1.55. The van der Waals surface area contributed by atoms with Gasteiger partial charge in [-0.2, -0.15) is 0 Å². The van der Waals surface area contributed by atoms with E-state index in [0.717, 1.165) is 5.56 Å². The minimum atomic E-state index is -3.62. The first kappa shape index (κ1) is 13.7. The predicted molar refractivity (Wildman–Crippen MR) is 65.8 cm³/mol. The van der Waals surface area contributed by atoms with Gasteiger partial charge >= 0.3 is 0 Å². The fourth-order valence-corrected chi connectivity index (χ4v) is 2.52. The summed E-state index contributed by atoms with van der Waals surface area (Å²) in [6, 6.07) is 5.81. The van der Waals surface area contributed by atoms with E-state index < -0.39 is 16.1 Å². The number of aliphatic hydroxyl groups is 1. The second-order valence-corrected chi connectivity index (χ2v) is 5.44. The molecule has 1 aromatic rings.